The van der Waals surface area contributed by atoms with Crippen LogP contribution in [0.2, 0.25) is 0 Å². The summed E-state index contributed by atoms with van der Waals surface area (Å²) in [7, 11) is 0. The summed E-state index contributed by atoms with van der Waals surface area (Å²) in [5.41, 5.74) is 2.71. The largest absolute Gasteiger partial charge is 0.329 e. The maximum Gasteiger partial charge on any atom is 0.273 e. The highest BCUT2D eigenvalue weighted by Gasteiger charge is 2.35. The lowest BCUT2D eigenvalue weighted by Gasteiger charge is -2.24. The monoisotopic (exact) mass is 363 g/mol. The van der Waals surface area contributed by atoms with Gasteiger partial charge in [0.25, 0.3) is 5.91 Å². The molecule has 3 aromatic rings. The Kier molecular flexibility index (Phi) is 3.89. The first kappa shape index (κ1) is 15.8. The van der Waals surface area contributed by atoms with Crippen molar-refractivity contribution in [1.29, 1.82) is 0 Å². The Morgan fingerprint density at radius 3 is 2.65 bits per heavy atom. The molecule has 0 bridgehead atoms. The normalized spacial score (nSPS) is 19.8. The van der Waals surface area contributed by atoms with Crippen LogP contribution in [0.1, 0.15) is 58.7 Å². The van der Waals surface area contributed by atoms with E-state index in [0.717, 1.165) is 30.8 Å². The molecule has 1 atom stereocenters. The molecule has 1 amide bonds. The lowest BCUT2D eigenvalue weighted by Crippen LogP contribution is -2.31. The summed E-state index contributed by atoms with van der Waals surface area (Å²) in [6.07, 6.45) is 4.46. The Morgan fingerprint density at radius 2 is 1.92 bits per heavy atom. The van der Waals surface area contributed by atoms with Crippen LogP contribution in [0, 0.1) is 0 Å². The first-order chi connectivity index (χ1) is 12.8. The third-order valence-electron chi connectivity index (χ3n) is 5.33. The van der Waals surface area contributed by atoms with Crippen LogP contribution in [0.3, 0.4) is 0 Å². The molecule has 0 N–H and O–H groups in total. The van der Waals surface area contributed by atoms with Crippen LogP contribution in [0.25, 0.3) is 5.69 Å². The fourth-order valence-corrected chi connectivity index (χ4v) is 4.70. The zero-order valence-corrected chi connectivity index (χ0v) is 15.4. The van der Waals surface area contributed by atoms with E-state index in [1.807, 2.05) is 46.0 Å². The maximum absolute atomic E-state index is 13.5. The molecule has 1 aliphatic heterocycles. The molecule has 1 aliphatic carbocycles. The van der Waals surface area contributed by atoms with Gasteiger partial charge in [-0.05, 0) is 55.3 Å². The molecule has 0 unspecified atom stereocenters. The summed E-state index contributed by atoms with van der Waals surface area (Å²) in [6, 6.07) is 16.4. The molecule has 132 valence electrons. The third kappa shape index (κ3) is 2.76. The van der Waals surface area contributed by atoms with Crippen molar-refractivity contribution in [3.8, 4) is 5.69 Å². The molecule has 2 fully saturated rings. The zero-order valence-electron chi connectivity index (χ0n) is 14.5. The highest BCUT2D eigenvalue weighted by Crippen LogP contribution is 2.41. The average Bonchev–Trinajstić information content (AvgIpc) is 3.11. The van der Waals surface area contributed by atoms with Gasteiger partial charge in [0.2, 0.25) is 0 Å². The van der Waals surface area contributed by atoms with E-state index < -0.39 is 0 Å². The number of carbonyl (C=O) groups excluding carboxylic acids is 1. The summed E-state index contributed by atoms with van der Waals surface area (Å²) in [4.78, 5) is 16.8. The second-order valence-electron chi connectivity index (χ2n) is 7.15. The van der Waals surface area contributed by atoms with Crippen LogP contribution in [0.15, 0.2) is 53.9 Å². The number of thiophene rings is 1. The number of likely N-dealkylation sites (tertiary alicyclic amines) is 1. The SMILES string of the molecule is O=C(c1cc(C2CC2)nn1-c1ccccc1)N1CCC[C@H]1c1cccs1. The number of amides is 1. The highest BCUT2D eigenvalue weighted by molar-refractivity contribution is 7.10. The molecule has 0 radical (unpaired) electrons. The Bertz CT molecular complexity index is 912. The summed E-state index contributed by atoms with van der Waals surface area (Å²) in [5, 5.41) is 6.89. The van der Waals surface area contributed by atoms with Gasteiger partial charge in [0, 0.05) is 17.3 Å². The van der Waals surface area contributed by atoms with E-state index in [1.54, 1.807) is 11.3 Å². The summed E-state index contributed by atoms with van der Waals surface area (Å²) in [5.74, 6) is 0.627. The van der Waals surface area contributed by atoms with E-state index in [0.29, 0.717) is 11.6 Å². The molecule has 2 aliphatic rings. The smallest absolute Gasteiger partial charge is 0.273 e. The molecular formula is C21H21N3OS. The molecule has 5 heteroatoms. The van der Waals surface area contributed by atoms with E-state index >= 15 is 0 Å². The minimum absolute atomic E-state index is 0.101. The van der Waals surface area contributed by atoms with Gasteiger partial charge in [0.05, 0.1) is 17.4 Å². The number of para-hydroxylation sites is 1. The van der Waals surface area contributed by atoms with Crippen molar-refractivity contribution >= 4 is 17.2 Å². The van der Waals surface area contributed by atoms with Crippen molar-refractivity contribution in [3.05, 3.63) is 70.2 Å². The van der Waals surface area contributed by atoms with E-state index in [2.05, 4.69) is 17.5 Å². The number of rotatable bonds is 4. The lowest BCUT2D eigenvalue weighted by atomic mass is 10.1. The lowest BCUT2D eigenvalue weighted by molar-refractivity contribution is 0.0728. The molecule has 5 rings (SSSR count). The molecule has 3 heterocycles. The van der Waals surface area contributed by atoms with Crippen molar-refractivity contribution in [3.63, 3.8) is 0 Å². The van der Waals surface area contributed by atoms with Gasteiger partial charge in [-0.25, -0.2) is 4.68 Å². The average molecular weight is 363 g/mol. The topological polar surface area (TPSA) is 38.1 Å². The van der Waals surface area contributed by atoms with Gasteiger partial charge in [0.15, 0.2) is 0 Å². The molecular weight excluding hydrogens is 342 g/mol. The van der Waals surface area contributed by atoms with Crippen LogP contribution in [-0.4, -0.2) is 27.1 Å². The van der Waals surface area contributed by atoms with E-state index in [-0.39, 0.29) is 11.9 Å². The van der Waals surface area contributed by atoms with Gasteiger partial charge in [-0.15, -0.1) is 11.3 Å². The Hall–Kier alpha value is -2.40. The predicted octanol–water partition coefficient (Wildman–Crippen LogP) is 4.79. The van der Waals surface area contributed by atoms with Crippen LogP contribution in [-0.2, 0) is 0 Å². The van der Waals surface area contributed by atoms with Gasteiger partial charge >= 0.3 is 0 Å². The van der Waals surface area contributed by atoms with Crippen LogP contribution < -0.4 is 0 Å². The van der Waals surface area contributed by atoms with Crippen molar-refractivity contribution in [1.82, 2.24) is 14.7 Å². The second kappa shape index (κ2) is 6.40. The Morgan fingerprint density at radius 1 is 1.08 bits per heavy atom. The van der Waals surface area contributed by atoms with E-state index in [9.17, 15) is 4.79 Å². The van der Waals surface area contributed by atoms with Crippen LogP contribution >= 0.6 is 11.3 Å². The molecule has 0 spiro atoms. The first-order valence-corrected chi connectivity index (χ1v) is 10.2. The minimum atomic E-state index is 0.101. The Labute approximate surface area is 157 Å². The molecule has 2 aromatic heterocycles. The van der Waals surface area contributed by atoms with E-state index in [1.165, 1.54) is 17.7 Å². The van der Waals surface area contributed by atoms with Crippen molar-refractivity contribution in [2.45, 2.75) is 37.6 Å². The van der Waals surface area contributed by atoms with Crippen LogP contribution in [0.5, 0.6) is 0 Å². The summed E-state index contributed by atoms with van der Waals surface area (Å²) < 4.78 is 1.85. The van der Waals surface area contributed by atoms with Gasteiger partial charge in [-0.2, -0.15) is 5.10 Å². The fourth-order valence-electron chi connectivity index (χ4n) is 3.83. The second-order valence-corrected chi connectivity index (χ2v) is 8.13. The van der Waals surface area contributed by atoms with Crippen molar-refractivity contribution in [2.75, 3.05) is 6.54 Å². The molecule has 1 aromatic carbocycles. The number of hydrogen-bond donors (Lipinski definition) is 0. The molecule has 4 nitrogen and oxygen atoms in total. The maximum atomic E-state index is 13.5. The van der Waals surface area contributed by atoms with E-state index in [4.69, 9.17) is 5.10 Å². The summed E-state index contributed by atoms with van der Waals surface area (Å²) >= 11 is 1.74. The number of hydrogen-bond acceptors (Lipinski definition) is 3. The van der Waals surface area contributed by atoms with Gasteiger partial charge in [-0.1, -0.05) is 24.3 Å². The molecule has 26 heavy (non-hydrogen) atoms. The predicted molar refractivity (Wildman–Crippen MR) is 103 cm³/mol. The number of benzene rings is 1. The standard InChI is InChI=1S/C21H21N3OS/c25-21(23-12-4-8-18(23)20-9-5-13-26-20)19-14-17(15-10-11-15)22-24(19)16-6-2-1-3-7-16/h1-3,5-7,9,13-15,18H,4,8,10-12H2/t18-/m0/s1. The van der Waals surface area contributed by atoms with Gasteiger partial charge in [-0.3, -0.25) is 4.79 Å². The number of aromatic nitrogens is 2. The zero-order chi connectivity index (χ0) is 17.5. The molecule has 1 saturated heterocycles. The Balaban J connectivity index is 1.53. The number of nitrogens with zero attached hydrogens (tertiary/aromatic N) is 3. The molecule has 1 saturated carbocycles. The van der Waals surface area contributed by atoms with Crippen molar-refractivity contribution in [2.24, 2.45) is 0 Å². The highest BCUT2D eigenvalue weighted by atomic mass is 32.1. The number of carbonyl (C=O) groups is 1. The third-order valence-corrected chi connectivity index (χ3v) is 6.30. The van der Waals surface area contributed by atoms with Gasteiger partial charge in [0.1, 0.15) is 5.69 Å². The van der Waals surface area contributed by atoms with Crippen LogP contribution in [0.4, 0.5) is 0 Å². The minimum Gasteiger partial charge on any atom is -0.329 e. The fraction of sp³-hybridized carbons (Fsp3) is 0.333. The quantitative estimate of drug-likeness (QED) is 0.668. The van der Waals surface area contributed by atoms with Gasteiger partial charge < -0.3 is 4.90 Å². The first-order valence-electron chi connectivity index (χ1n) is 9.31. The van der Waals surface area contributed by atoms with Crippen molar-refractivity contribution < 1.29 is 4.79 Å². The summed E-state index contributed by atoms with van der Waals surface area (Å²) in [6.45, 7) is 0.820.